The lowest BCUT2D eigenvalue weighted by atomic mass is 10.1. The second-order valence-corrected chi connectivity index (χ2v) is 4.70. The van der Waals surface area contributed by atoms with Crippen LogP contribution in [0.3, 0.4) is 0 Å². The molecule has 2 rings (SSSR count). The first-order valence-corrected chi connectivity index (χ1v) is 6.61. The summed E-state index contributed by atoms with van der Waals surface area (Å²) in [5, 5.41) is 12.7. The molecule has 1 unspecified atom stereocenters. The molecule has 0 amide bonds. The lowest BCUT2D eigenvalue weighted by molar-refractivity contribution is 0.0594. The molecule has 7 heteroatoms. The molecule has 0 bridgehead atoms. The first-order chi connectivity index (χ1) is 10.5. The van der Waals surface area contributed by atoms with Crippen LogP contribution in [-0.2, 0) is 11.3 Å². The number of carbonyl (C=O) groups excluding carboxylic acids is 1. The van der Waals surface area contributed by atoms with Crippen molar-refractivity contribution >= 4 is 5.97 Å². The standard InChI is InChI=1S/C15H16F2N2O3/c1-22-15(21)12-5-9(7-19-12)6-18-8-13(20)14-10(16)3-2-4-11(14)17/h2-5,7,13,18-20H,6,8H2,1H3. The molecule has 0 aliphatic heterocycles. The summed E-state index contributed by atoms with van der Waals surface area (Å²) in [5.74, 6) is -2.06. The quantitative estimate of drug-likeness (QED) is 0.713. The Morgan fingerprint density at radius 2 is 2.09 bits per heavy atom. The Kier molecular flexibility index (Phi) is 5.24. The topological polar surface area (TPSA) is 74.3 Å². The predicted molar refractivity (Wildman–Crippen MR) is 75.2 cm³/mol. The number of hydrogen-bond donors (Lipinski definition) is 3. The number of aliphatic hydroxyl groups excluding tert-OH is 1. The monoisotopic (exact) mass is 310 g/mol. The Bertz CT molecular complexity index is 638. The number of carbonyl (C=O) groups is 1. The third-order valence-corrected chi connectivity index (χ3v) is 3.15. The fraction of sp³-hybridized carbons (Fsp3) is 0.267. The van der Waals surface area contributed by atoms with E-state index in [0.717, 1.165) is 17.7 Å². The molecule has 5 nitrogen and oxygen atoms in total. The first kappa shape index (κ1) is 16.1. The molecule has 0 fully saturated rings. The summed E-state index contributed by atoms with van der Waals surface area (Å²) < 4.78 is 31.6. The second kappa shape index (κ2) is 7.15. The van der Waals surface area contributed by atoms with Gasteiger partial charge in [-0.15, -0.1) is 0 Å². The van der Waals surface area contributed by atoms with Crippen molar-refractivity contribution in [1.29, 1.82) is 0 Å². The lowest BCUT2D eigenvalue weighted by Crippen LogP contribution is -2.22. The number of H-pyrrole nitrogens is 1. The second-order valence-electron chi connectivity index (χ2n) is 4.70. The third kappa shape index (κ3) is 3.69. The van der Waals surface area contributed by atoms with E-state index < -0.39 is 23.7 Å². The number of esters is 1. The smallest absolute Gasteiger partial charge is 0.354 e. The van der Waals surface area contributed by atoms with Crippen molar-refractivity contribution in [1.82, 2.24) is 10.3 Å². The number of aliphatic hydroxyl groups is 1. The van der Waals surface area contributed by atoms with E-state index in [1.54, 1.807) is 12.3 Å². The predicted octanol–water partition coefficient (Wildman–Crippen LogP) is 1.90. The van der Waals surface area contributed by atoms with Crippen LogP contribution in [0.1, 0.15) is 27.7 Å². The van der Waals surface area contributed by atoms with Crippen LogP contribution in [0, 0.1) is 11.6 Å². The van der Waals surface area contributed by atoms with Crippen molar-refractivity contribution in [2.75, 3.05) is 13.7 Å². The number of hydrogen-bond acceptors (Lipinski definition) is 4. The highest BCUT2D eigenvalue weighted by Crippen LogP contribution is 2.20. The number of methoxy groups -OCH3 is 1. The van der Waals surface area contributed by atoms with Gasteiger partial charge in [-0.3, -0.25) is 0 Å². The number of nitrogens with one attached hydrogen (secondary N) is 2. The molecule has 118 valence electrons. The molecule has 0 aliphatic carbocycles. The fourth-order valence-electron chi connectivity index (χ4n) is 2.05. The molecule has 0 saturated heterocycles. The normalized spacial score (nSPS) is 12.2. The van der Waals surface area contributed by atoms with E-state index in [1.807, 2.05) is 0 Å². The van der Waals surface area contributed by atoms with Gasteiger partial charge in [-0.1, -0.05) is 6.07 Å². The zero-order valence-electron chi connectivity index (χ0n) is 11.9. The Morgan fingerprint density at radius 1 is 1.41 bits per heavy atom. The summed E-state index contributed by atoms with van der Waals surface area (Å²) in [4.78, 5) is 14.0. The molecule has 1 aromatic carbocycles. The summed E-state index contributed by atoms with van der Waals surface area (Å²) in [6.45, 7) is 0.289. The van der Waals surface area contributed by atoms with Gasteiger partial charge in [0.2, 0.25) is 0 Å². The Balaban J connectivity index is 1.91. The van der Waals surface area contributed by atoms with Crippen LogP contribution in [0.25, 0.3) is 0 Å². The van der Waals surface area contributed by atoms with E-state index in [-0.39, 0.29) is 12.1 Å². The van der Waals surface area contributed by atoms with Crippen molar-refractivity contribution in [3.8, 4) is 0 Å². The lowest BCUT2D eigenvalue weighted by Gasteiger charge is -2.13. The maximum atomic E-state index is 13.5. The fourth-order valence-corrected chi connectivity index (χ4v) is 2.05. The summed E-state index contributed by atoms with van der Waals surface area (Å²) in [6, 6.07) is 5.02. The Morgan fingerprint density at radius 3 is 2.73 bits per heavy atom. The van der Waals surface area contributed by atoms with Gasteiger partial charge in [0.1, 0.15) is 17.3 Å². The number of aromatic nitrogens is 1. The van der Waals surface area contributed by atoms with Crippen LogP contribution in [-0.4, -0.2) is 29.7 Å². The molecule has 1 atom stereocenters. The highest BCUT2D eigenvalue weighted by Gasteiger charge is 2.17. The minimum Gasteiger partial charge on any atom is -0.464 e. The van der Waals surface area contributed by atoms with Gasteiger partial charge in [0, 0.05) is 19.3 Å². The van der Waals surface area contributed by atoms with Crippen molar-refractivity contribution in [3.05, 3.63) is 58.9 Å². The number of benzene rings is 1. The van der Waals surface area contributed by atoms with Crippen LogP contribution in [0.4, 0.5) is 8.78 Å². The number of rotatable bonds is 6. The molecule has 0 saturated carbocycles. The van der Waals surface area contributed by atoms with Crippen LogP contribution in [0.15, 0.2) is 30.5 Å². The molecule has 0 spiro atoms. The third-order valence-electron chi connectivity index (χ3n) is 3.15. The maximum Gasteiger partial charge on any atom is 0.354 e. The zero-order chi connectivity index (χ0) is 16.1. The average Bonchev–Trinajstić information content (AvgIpc) is 2.95. The van der Waals surface area contributed by atoms with E-state index in [0.29, 0.717) is 12.2 Å². The van der Waals surface area contributed by atoms with Crippen LogP contribution in [0.5, 0.6) is 0 Å². The summed E-state index contributed by atoms with van der Waals surface area (Å²) in [7, 11) is 1.28. The summed E-state index contributed by atoms with van der Waals surface area (Å²) in [6.07, 6.45) is 0.301. The van der Waals surface area contributed by atoms with E-state index in [2.05, 4.69) is 15.0 Å². The molecule has 0 aliphatic rings. The van der Waals surface area contributed by atoms with Gasteiger partial charge in [0.25, 0.3) is 0 Å². The van der Waals surface area contributed by atoms with Gasteiger partial charge in [0.05, 0.1) is 18.8 Å². The maximum absolute atomic E-state index is 13.5. The van der Waals surface area contributed by atoms with Crippen molar-refractivity contribution in [2.45, 2.75) is 12.6 Å². The molecule has 2 aromatic rings. The van der Waals surface area contributed by atoms with E-state index in [1.165, 1.54) is 13.2 Å². The van der Waals surface area contributed by atoms with Gasteiger partial charge < -0.3 is 20.1 Å². The molecule has 0 radical (unpaired) electrons. The largest absolute Gasteiger partial charge is 0.464 e. The molecule has 1 heterocycles. The highest BCUT2D eigenvalue weighted by atomic mass is 19.1. The number of halogens is 2. The molecule has 22 heavy (non-hydrogen) atoms. The van der Waals surface area contributed by atoms with Gasteiger partial charge in [-0.2, -0.15) is 0 Å². The molecule has 1 aromatic heterocycles. The number of aromatic amines is 1. The summed E-state index contributed by atoms with van der Waals surface area (Å²) in [5.41, 5.74) is 0.695. The number of ether oxygens (including phenoxy) is 1. The molecule has 3 N–H and O–H groups in total. The zero-order valence-corrected chi connectivity index (χ0v) is 11.9. The SMILES string of the molecule is COC(=O)c1cc(CNCC(O)c2c(F)cccc2F)c[nH]1. The van der Waals surface area contributed by atoms with E-state index in [9.17, 15) is 18.7 Å². The Labute approximate surface area is 125 Å². The van der Waals surface area contributed by atoms with E-state index in [4.69, 9.17) is 0 Å². The van der Waals surface area contributed by atoms with Gasteiger partial charge in [0.15, 0.2) is 0 Å². The van der Waals surface area contributed by atoms with Gasteiger partial charge >= 0.3 is 5.97 Å². The Hall–Kier alpha value is -2.25. The molecular weight excluding hydrogens is 294 g/mol. The van der Waals surface area contributed by atoms with E-state index >= 15 is 0 Å². The first-order valence-electron chi connectivity index (χ1n) is 6.61. The van der Waals surface area contributed by atoms with Crippen LogP contribution in [0.2, 0.25) is 0 Å². The highest BCUT2D eigenvalue weighted by molar-refractivity contribution is 5.87. The molecular formula is C15H16F2N2O3. The van der Waals surface area contributed by atoms with Crippen molar-refractivity contribution < 1.29 is 23.4 Å². The van der Waals surface area contributed by atoms with Crippen LogP contribution < -0.4 is 5.32 Å². The average molecular weight is 310 g/mol. The van der Waals surface area contributed by atoms with Gasteiger partial charge in [-0.05, 0) is 23.8 Å². The van der Waals surface area contributed by atoms with Gasteiger partial charge in [-0.25, -0.2) is 13.6 Å². The minimum absolute atomic E-state index is 0.0312. The van der Waals surface area contributed by atoms with Crippen LogP contribution >= 0.6 is 0 Å². The minimum atomic E-state index is -1.31. The summed E-state index contributed by atoms with van der Waals surface area (Å²) >= 11 is 0. The van der Waals surface area contributed by atoms with Crippen molar-refractivity contribution in [2.24, 2.45) is 0 Å². The van der Waals surface area contributed by atoms with Crippen molar-refractivity contribution in [3.63, 3.8) is 0 Å².